The van der Waals surface area contributed by atoms with Crippen molar-refractivity contribution in [2.45, 2.75) is 26.1 Å². The largest absolute Gasteiger partial charge is 0.372 e. The quantitative estimate of drug-likeness (QED) is 0.874. The molecule has 1 aromatic rings. The van der Waals surface area contributed by atoms with Gasteiger partial charge in [0.15, 0.2) is 0 Å². The summed E-state index contributed by atoms with van der Waals surface area (Å²) in [6, 6.07) is 7.08. The van der Waals surface area contributed by atoms with Crippen LogP contribution in [-0.4, -0.2) is 55.3 Å². The predicted octanol–water partition coefficient (Wildman–Crippen LogP) is 1.86. The highest BCUT2D eigenvalue weighted by Crippen LogP contribution is 2.21. The summed E-state index contributed by atoms with van der Waals surface area (Å²) >= 11 is 0. The number of hydrogen-bond acceptors (Lipinski definition) is 3. The van der Waals surface area contributed by atoms with Crippen LogP contribution in [-0.2, 0) is 4.74 Å². The van der Waals surface area contributed by atoms with Crippen molar-refractivity contribution in [2.24, 2.45) is 0 Å². The summed E-state index contributed by atoms with van der Waals surface area (Å²) in [6.07, 6.45) is 0.0632. The molecular formula is C16H22N4O3. The molecule has 3 rings (SSSR count). The van der Waals surface area contributed by atoms with Gasteiger partial charge in [-0.15, -0.1) is 0 Å². The van der Waals surface area contributed by atoms with Gasteiger partial charge in [-0.1, -0.05) is 6.07 Å². The Morgan fingerprint density at radius 2 is 2.04 bits per heavy atom. The average molecular weight is 318 g/mol. The second-order valence-electron chi connectivity index (χ2n) is 6.03. The molecule has 7 heteroatoms. The molecule has 0 radical (unpaired) electrons. The number of morpholine rings is 1. The van der Waals surface area contributed by atoms with Gasteiger partial charge in [0.2, 0.25) is 0 Å². The second kappa shape index (κ2) is 6.45. The maximum atomic E-state index is 12.4. The number of hydrogen-bond donors (Lipinski definition) is 2. The average Bonchev–Trinajstić information content (AvgIpc) is 2.92. The van der Waals surface area contributed by atoms with E-state index >= 15 is 0 Å². The lowest BCUT2D eigenvalue weighted by atomic mass is 10.2. The Balaban J connectivity index is 1.68. The van der Waals surface area contributed by atoms with E-state index in [0.717, 1.165) is 5.69 Å². The molecule has 2 atom stereocenters. The molecule has 2 fully saturated rings. The number of carbonyl (C=O) groups excluding carboxylic acids is 2. The summed E-state index contributed by atoms with van der Waals surface area (Å²) in [6.45, 7) is 6.34. The summed E-state index contributed by atoms with van der Waals surface area (Å²) in [4.78, 5) is 27.6. The molecule has 2 heterocycles. The van der Waals surface area contributed by atoms with Crippen molar-refractivity contribution in [1.82, 2.24) is 10.2 Å². The number of urea groups is 2. The van der Waals surface area contributed by atoms with Gasteiger partial charge in [0.25, 0.3) is 0 Å². The first-order chi connectivity index (χ1) is 11.0. The van der Waals surface area contributed by atoms with Crippen LogP contribution in [0.4, 0.5) is 21.0 Å². The van der Waals surface area contributed by atoms with E-state index < -0.39 is 0 Å². The minimum absolute atomic E-state index is 0.0316. The van der Waals surface area contributed by atoms with Crippen molar-refractivity contribution in [2.75, 3.05) is 36.4 Å². The minimum Gasteiger partial charge on any atom is -0.372 e. The van der Waals surface area contributed by atoms with Crippen LogP contribution < -0.4 is 15.5 Å². The smallest absolute Gasteiger partial charge is 0.322 e. The van der Waals surface area contributed by atoms with Gasteiger partial charge in [-0.3, -0.25) is 4.90 Å². The van der Waals surface area contributed by atoms with E-state index in [-0.39, 0.29) is 24.3 Å². The molecular weight excluding hydrogens is 296 g/mol. The zero-order valence-electron chi connectivity index (χ0n) is 13.4. The molecule has 1 aromatic carbocycles. The number of anilines is 2. The fourth-order valence-electron chi connectivity index (χ4n) is 3.02. The van der Waals surface area contributed by atoms with E-state index in [0.29, 0.717) is 31.9 Å². The first kappa shape index (κ1) is 15.6. The Bertz CT molecular complexity index is 597. The van der Waals surface area contributed by atoms with Gasteiger partial charge in [-0.2, -0.15) is 0 Å². The van der Waals surface area contributed by atoms with Crippen LogP contribution in [0.2, 0.25) is 0 Å². The minimum atomic E-state index is -0.143. The van der Waals surface area contributed by atoms with Crippen LogP contribution in [0.25, 0.3) is 0 Å². The van der Waals surface area contributed by atoms with Gasteiger partial charge >= 0.3 is 12.1 Å². The molecule has 2 N–H and O–H groups in total. The Hall–Kier alpha value is -2.28. The Morgan fingerprint density at radius 3 is 2.70 bits per heavy atom. The maximum absolute atomic E-state index is 12.4. The summed E-state index contributed by atoms with van der Waals surface area (Å²) in [7, 11) is 0. The van der Waals surface area contributed by atoms with E-state index in [9.17, 15) is 9.59 Å². The summed E-state index contributed by atoms with van der Waals surface area (Å²) in [5, 5.41) is 5.67. The molecule has 124 valence electrons. The highest BCUT2D eigenvalue weighted by Gasteiger charge is 2.26. The van der Waals surface area contributed by atoms with E-state index in [2.05, 4.69) is 10.6 Å². The normalized spacial score (nSPS) is 24.5. The summed E-state index contributed by atoms with van der Waals surface area (Å²) in [5.41, 5.74) is 1.46. The molecule has 0 aromatic heterocycles. The molecule has 0 bridgehead atoms. The predicted molar refractivity (Wildman–Crippen MR) is 87.8 cm³/mol. The number of amides is 4. The molecule has 2 unspecified atom stereocenters. The molecule has 0 aliphatic carbocycles. The lowest BCUT2D eigenvalue weighted by Crippen LogP contribution is -2.49. The highest BCUT2D eigenvalue weighted by molar-refractivity contribution is 5.95. The van der Waals surface area contributed by atoms with E-state index in [4.69, 9.17) is 4.74 Å². The fourth-order valence-corrected chi connectivity index (χ4v) is 3.02. The van der Waals surface area contributed by atoms with Gasteiger partial charge in [-0.05, 0) is 32.0 Å². The zero-order valence-corrected chi connectivity index (χ0v) is 13.4. The highest BCUT2D eigenvalue weighted by atomic mass is 16.5. The third-order valence-corrected chi connectivity index (χ3v) is 3.97. The van der Waals surface area contributed by atoms with Gasteiger partial charge in [0.1, 0.15) is 0 Å². The number of nitrogens with one attached hydrogen (secondary N) is 2. The van der Waals surface area contributed by atoms with Gasteiger partial charge in [0, 0.05) is 37.6 Å². The Kier molecular flexibility index (Phi) is 4.38. The third-order valence-electron chi connectivity index (χ3n) is 3.97. The molecule has 0 saturated carbocycles. The first-order valence-corrected chi connectivity index (χ1v) is 7.90. The number of benzene rings is 1. The molecule has 2 saturated heterocycles. The molecule has 2 aliphatic heterocycles. The van der Waals surface area contributed by atoms with Gasteiger partial charge in [-0.25, -0.2) is 9.59 Å². The Labute approximate surface area is 135 Å². The fraction of sp³-hybridized carbons (Fsp3) is 0.500. The lowest BCUT2D eigenvalue weighted by molar-refractivity contribution is -0.0530. The summed E-state index contributed by atoms with van der Waals surface area (Å²) < 4.78 is 5.64. The van der Waals surface area contributed by atoms with Crippen LogP contribution in [0.15, 0.2) is 24.3 Å². The molecule has 4 amide bonds. The van der Waals surface area contributed by atoms with Crippen molar-refractivity contribution in [3.05, 3.63) is 24.3 Å². The monoisotopic (exact) mass is 318 g/mol. The topological polar surface area (TPSA) is 73.9 Å². The van der Waals surface area contributed by atoms with Crippen molar-refractivity contribution in [1.29, 1.82) is 0 Å². The molecule has 23 heavy (non-hydrogen) atoms. The van der Waals surface area contributed by atoms with E-state index in [1.165, 1.54) is 0 Å². The number of nitrogens with zero attached hydrogens (tertiary/aromatic N) is 2. The Morgan fingerprint density at radius 1 is 1.30 bits per heavy atom. The maximum Gasteiger partial charge on any atom is 0.322 e. The van der Waals surface area contributed by atoms with Crippen molar-refractivity contribution in [3.8, 4) is 0 Å². The number of rotatable bonds is 2. The standard InChI is InChI=1S/C16H22N4O3/c1-11-9-19(10-12(2)23-11)16(22)18-13-4-3-5-14(8-13)20-7-6-17-15(20)21/h3-5,8,11-12H,6-7,9-10H2,1-2H3,(H,17,21)(H,18,22). The van der Waals surface area contributed by atoms with Crippen LogP contribution in [0.3, 0.4) is 0 Å². The molecule has 2 aliphatic rings. The molecule has 0 spiro atoms. The first-order valence-electron chi connectivity index (χ1n) is 7.90. The van der Waals surface area contributed by atoms with Crippen LogP contribution in [0.5, 0.6) is 0 Å². The number of ether oxygens (including phenoxy) is 1. The second-order valence-corrected chi connectivity index (χ2v) is 6.03. The van der Waals surface area contributed by atoms with Gasteiger partial charge < -0.3 is 20.3 Å². The third kappa shape index (κ3) is 3.56. The van der Waals surface area contributed by atoms with Crippen LogP contribution in [0.1, 0.15) is 13.8 Å². The summed E-state index contributed by atoms with van der Waals surface area (Å²) in [5.74, 6) is 0. The van der Waals surface area contributed by atoms with Crippen LogP contribution in [0, 0.1) is 0 Å². The van der Waals surface area contributed by atoms with E-state index in [1.54, 1.807) is 9.80 Å². The van der Waals surface area contributed by atoms with Crippen molar-refractivity contribution >= 4 is 23.4 Å². The van der Waals surface area contributed by atoms with Crippen LogP contribution >= 0.6 is 0 Å². The van der Waals surface area contributed by atoms with Crippen molar-refractivity contribution < 1.29 is 14.3 Å². The van der Waals surface area contributed by atoms with Gasteiger partial charge in [0.05, 0.1) is 12.2 Å². The number of carbonyl (C=O) groups is 2. The van der Waals surface area contributed by atoms with Crippen molar-refractivity contribution in [3.63, 3.8) is 0 Å². The SMILES string of the molecule is CC1CN(C(=O)Nc2cccc(N3CCNC3=O)c2)CC(C)O1. The van der Waals surface area contributed by atoms with E-state index in [1.807, 2.05) is 38.1 Å². The zero-order chi connectivity index (χ0) is 16.4. The molecule has 7 nitrogen and oxygen atoms in total. The lowest BCUT2D eigenvalue weighted by Gasteiger charge is -2.35.